The minimum Gasteiger partial charge on any atom is -0.486 e. The molecular formula is C20H20Cl2FN5O2. The monoisotopic (exact) mass is 451 g/mol. The molecule has 0 saturated carbocycles. The van der Waals surface area contributed by atoms with Gasteiger partial charge in [0.15, 0.2) is 11.6 Å². The Kier molecular flexibility index (Phi) is 5.73. The smallest absolute Gasteiger partial charge is 0.166 e. The van der Waals surface area contributed by atoms with Gasteiger partial charge in [0, 0.05) is 55.3 Å². The molecule has 4 rings (SSSR count). The lowest BCUT2D eigenvalue weighted by atomic mass is 10.1. The van der Waals surface area contributed by atoms with E-state index in [-0.39, 0.29) is 33.3 Å². The molecule has 2 aromatic heterocycles. The highest BCUT2D eigenvalue weighted by atomic mass is 35.5. The second-order valence-electron chi connectivity index (χ2n) is 7.07. The van der Waals surface area contributed by atoms with Crippen LogP contribution in [0.1, 0.15) is 18.6 Å². The fourth-order valence-electron chi connectivity index (χ4n) is 3.09. The van der Waals surface area contributed by atoms with Gasteiger partial charge < -0.3 is 20.5 Å². The Morgan fingerprint density at radius 3 is 2.60 bits per heavy atom. The van der Waals surface area contributed by atoms with Gasteiger partial charge in [0.1, 0.15) is 23.8 Å². The van der Waals surface area contributed by atoms with Gasteiger partial charge in [0.2, 0.25) is 0 Å². The Bertz CT molecular complexity index is 1090. The van der Waals surface area contributed by atoms with Crippen molar-refractivity contribution in [3.63, 3.8) is 0 Å². The number of hydrogen-bond donors (Lipinski definition) is 2. The quantitative estimate of drug-likeness (QED) is 0.550. The van der Waals surface area contributed by atoms with Gasteiger partial charge in [0.25, 0.3) is 0 Å². The summed E-state index contributed by atoms with van der Waals surface area (Å²) in [7, 11) is 1.82. The van der Waals surface area contributed by atoms with Crippen LogP contribution in [0.5, 0.6) is 11.5 Å². The highest BCUT2D eigenvalue weighted by molar-refractivity contribution is 6.37. The molecule has 30 heavy (non-hydrogen) atoms. The van der Waals surface area contributed by atoms with Crippen LogP contribution in [0.3, 0.4) is 0 Å². The third-order valence-corrected chi connectivity index (χ3v) is 5.60. The number of nitrogens with one attached hydrogen (secondary N) is 1. The van der Waals surface area contributed by atoms with Crippen molar-refractivity contribution in [3.05, 3.63) is 52.1 Å². The van der Waals surface area contributed by atoms with Crippen molar-refractivity contribution in [2.75, 3.05) is 18.8 Å². The second-order valence-corrected chi connectivity index (χ2v) is 7.82. The maximum Gasteiger partial charge on any atom is 0.166 e. The molecular weight excluding hydrogens is 432 g/mol. The predicted molar refractivity (Wildman–Crippen MR) is 114 cm³/mol. The number of pyridine rings is 1. The second kappa shape index (κ2) is 8.29. The molecule has 3 heterocycles. The van der Waals surface area contributed by atoms with E-state index in [0.717, 1.165) is 11.1 Å². The Morgan fingerprint density at radius 2 is 1.97 bits per heavy atom. The van der Waals surface area contributed by atoms with Crippen LogP contribution in [0, 0.1) is 5.82 Å². The summed E-state index contributed by atoms with van der Waals surface area (Å²) in [5.41, 5.74) is 7.91. The van der Waals surface area contributed by atoms with Crippen molar-refractivity contribution in [2.45, 2.75) is 19.1 Å². The molecule has 1 aromatic carbocycles. The van der Waals surface area contributed by atoms with E-state index in [1.165, 1.54) is 6.07 Å². The van der Waals surface area contributed by atoms with Crippen LogP contribution in [0.4, 0.5) is 10.2 Å². The van der Waals surface area contributed by atoms with Crippen molar-refractivity contribution in [1.82, 2.24) is 20.1 Å². The molecule has 3 aromatic rings. The number of anilines is 1. The van der Waals surface area contributed by atoms with Crippen LogP contribution in [-0.2, 0) is 7.05 Å². The normalized spacial score (nSPS) is 15.0. The Balaban J connectivity index is 1.64. The minimum atomic E-state index is -0.712. The minimum absolute atomic E-state index is 0.0665. The number of ether oxygens (including phenoxy) is 2. The fraction of sp³-hybridized carbons (Fsp3) is 0.300. The maximum absolute atomic E-state index is 14.5. The van der Waals surface area contributed by atoms with E-state index < -0.39 is 11.9 Å². The highest BCUT2D eigenvalue weighted by Gasteiger charge is 2.26. The molecule has 1 aliphatic rings. The average Bonchev–Trinajstić information content (AvgIpc) is 3.10. The molecule has 1 unspecified atom stereocenters. The summed E-state index contributed by atoms with van der Waals surface area (Å²) < 4.78 is 27.9. The Morgan fingerprint density at radius 1 is 1.20 bits per heavy atom. The number of nitrogen functional groups attached to an aromatic ring is 1. The first kappa shape index (κ1) is 20.7. The number of benzene rings is 1. The highest BCUT2D eigenvalue weighted by Crippen LogP contribution is 2.42. The van der Waals surface area contributed by atoms with Crippen LogP contribution < -0.4 is 20.5 Å². The van der Waals surface area contributed by atoms with E-state index in [0.29, 0.717) is 18.8 Å². The molecule has 0 aliphatic carbocycles. The largest absolute Gasteiger partial charge is 0.486 e. The van der Waals surface area contributed by atoms with Gasteiger partial charge in [-0.15, -0.1) is 0 Å². The molecule has 7 nitrogen and oxygen atoms in total. The van der Waals surface area contributed by atoms with Crippen LogP contribution in [0.25, 0.3) is 11.1 Å². The zero-order valence-electron chi connectivity index (χ0n) is 16.3. The number of hydrogen-bond acceptors (Lipinski definition) is 6. The van der Waals surface area contributed by atoms with Crippen molar-refractivity contribution in [2.24, 2.45) is 7.05 Å². The molecule has 3 N–H and O–H groups in total. The third-order valence-electron chi connectivity index (χ3n) is 4.82. The summed E-state index contributed by atoms with van der Waals surface area (Å²) in [6.07, 6.45) is 4.41. The van der Waals surface area contributed by atoms with Crippen molar-refractivity contribution in [3.8, 4) is 22.6 Å². The van der Waals surface area contributed by atoms with Crippen LogP contribution in [0.15, 0.2) is 30.7 Å². The molecule has 0 spiro atoms. The summed E-state index contributed by atoms with van der Waals surface area (Å²) >= 11 is 12.7. The molecule has 0 bridgehead atoms. The molecule has 1 aliphatic heterocycles. The standard InChI is InChI=1S/C20H20Cl2FN5O2/c1-10(17-18(21)14(23)4-15(19(17)22)30-13-7-25-8-13)29-16-3-11(5-26-20(16)24)12-6-27-28(2)9-12/h3-6,9-10,13,25H,7-8H2,1-2H3,(H2,24,26). The molecule has 0 radical (unpaired) electrons. The van der Waals surface area contributed by atoms with Gasteiger partial charge in [-0.3, -0.25) is 4.68 Å². The van der Waals surface area contributed by atoms with Crippen molar-refractivity contribution in [1.29, 1.82) is 0 Å². The van der Waals surface area contributed by atoms with Gasteiger partial charge in [0.05, 0.1) is 16.2 Å². The van der Waals surface area contributed by atoms with E-state index in [4.69, 9.17) is 38.4 Å². The molecule has 1 saturated heterocycles. The lowest BCUT2D eigenvalue weighted by Crippen LogP contribution is -2.50. The average molecular weight is 452 g/mol. The summed E-state index contributed by atoms with van der Waals surface area (Å²) in [5.74, 6) is 0.107. The van der Waals surface area contributed by atoms with Crippen LogP contribution in [-0.4, -0.2) is 34.0 Å². The van der Waals surface area contributed by atoms with Gasteiger partial charge in [-0.2, -0.15) is 5.10 Å². The molecule has 0 amide bonds. The first-order chi connectivity index (χ1) is 14.3. The molecule has 1 fully saturated rings. The Hall–Kier alpha value is -2.55. The summed E-state index contributed by atoms with van der Waals surface area (Å²) in [6.45, 7) is 3.05. The number of nitrogens with zero attached hydrogens (tertiary/aromatic N) is 3. The summed E-state index contributed by atoms with van der Waals surface area (Å²) in [5, 5.41) is 7.32. The number of halogens is 3. The molecule has 1 atom stereocenters. The first-order valence-corrected chi connectivity index (χ1v) is 10.0. The lowest BCUT2D eigenvalue weighted by Gasteiger charge is -2.29. The fourth-order valence-corrected chi connectivity index (χ4v) is 3.79. The van der Waals surface area contributed by atoms with E-state index >= 15 is 0 Å². The van der Waals surface area contributed by atoms with E-state index in [2.05, 4.69) is 15.4 Å². The number of aryl methyl sites for hydroxylation is 1. The van der Waals surface area contributed by atoms with Crippen LogP contribution >= 0.6 is 23.2 Å². The topological polar surface area (TPSA) is 87.2 Å². The van der Waals surface area contributed by atoms with Crippen molar-refractivity contribution < 1.29 is 13.9 Å². The first-order valence-electron chi connectivity index (χ1n) is 9.29. The molecule has 10 heteroatoms. The number of aromatic nitrogens is 3. The summed E-state index contributed by atoms with van der Waals surface area (Å²) in [4.78, 5) is 4.19. The third kappa shape index (κ3) is 4.03. The SMILES string of the molecule is CC(Oc1cc(-c2cnn(C)c2)cnc1N)c1c(Cl)c(F)cc(OC2CNC2)c1Cl. The summed E-state index contributed by atoms with van der Waals surface area (Å²) in [6, 6.07) is 2.94. The maximum atomic E-state index is 14.5. The van der Waals surface area contributed by atoms with Gasteiger partial charge in [-0.05, 0) is 13.0 Å². The zero-order valence-corrected chi connectivity index (χ0v) is 17.8. The van der Waals surface area contributed by atoms with Crippen molar-refractivity contribution >= 4 is 29.0 Å². The van der Waals surface area contributed by atoms with E-state index in [9.17, 15) is 4.39 Å². The van der Waals surface area contributed by atoms with Gasteiger partial charge >= 0.3 is 0 Å². The Labute approximate surface area is 182 Å². The predicted octanol–water partition coefficient (Wildman–Crippen LogP) is 4.00. The van der Waals surface area contributed by atoms with E-state index in [1.54, 1.807) is 30.1 Å². The zero-order chi connectivity index (χ0) is 21.4. The van der Waals surface area contributed by atoms with Crippen LogP contribution in [0.2, 0.25) is 10.0 Å². The number of rotatable bonds is 6. The van der Waals surface area contributed by atoms with Gasteiger partial charge in [-0.1, -0.05) is 23.2 Å². The number of nitrogens with two attached hydrogens (primary N) is 1. The van der Waals surface area contributed by atoms with E-state index in [1.807, 2.05) is 13.2 Å². The molecule has 158 valence electrons. The lowest BCUT2D eigenvalue weighted by molar-refractivity contribution is 0.141. The van der Waals surface area contributed by atoms with Gasteiger partial charge in [-0.25, -0.2) is 9.37 Å².